The Morgan fingerprint density at radius 3 is 2.89 bits per heavy atom. The molecule has 1 aliphatic heterocycles. The lowest BCUT2D eigenvalue weighted by molar-refractivity contribution is -0.154. The second kappa shape index (κ2) is 5.58. The molecular formula is C12H13BrN2O4. The molecule has 1 aromatic rings. The van der Waals surface area contributed by atoms with Gasteiger partial charge >= 0.3 is 5.97 Å². The summed E-state index contributed by atoms with van der Waals surface area (Å²) in [7, 11) is 0. The summed E-state index contributed by atoms with van der Waals surface area (Å²) >= 11 is 3.29. The van der Waals surface area contributed by atoms with Crippen molar-refractivity contribution in [1.82, 2.24) is 4.90 Å². The average molecular weight is 329 g/mol. The summed E-state index contributed by atoms with van der Waals surface area (Å²) in [5.41, 5.74) is 6.56. The number of amides is 1. The van der Waals surface area contributed by atoms with E-state index in [1.54, 1.807) is 18.2 Å². The van der Waals surface area contributed by atoms with E-state index in [2.05, 4.69) is 15.9 Å². The fourth-order valence-electron chi connectivity index (χ4n) is 1.86. The van der Waals surface area contributed by atoms with Crippen molar-refractivity contribution in [3.63, 3.8) is 0 Å². The van der Waals surface area contributed by atoms with E-state index in [-0.39, 0.29) is 19.1 Å². The largest absolute Gasteiger partial charge is 0.479 e. The molecule has 1 atom stereocenters. The van der Waals surface area contributed by atoms with Crippen LogP contribution in [0.1, 0.15) is 10.4 Å². The van der Waals surface area contributed by atoms with Crippen LogP contribution in [0.4, 0.5) is 5.69 Å². The predicted molar refractivity (Wildman–Crippen MR) is 71.8 cm³/mol. The Morgan fingerprint density at radius 2 is 2.21 bits per heavy atom. The van der Waals surface area contributed by atoms with Crippen LogP contribution in [0, 0.1) is 0 Å². The molecule has 0 spiro atoms. The number of nitrogens with zero attached hydrogens (tertiary/aromatic N) is 1. The highest BCUT2D eigenvalue weighted by Gasteiger charge is 2.30. The van der Waals surface area contributed by atoms with Gasteiger partial charge in [0.25, 0.3) is 5.91 Å². The second-order valence-electron chi connectivity index (χ2n) is 4.19. The van der Waals surface area contributed by atoms with Crippen molar-refractivity contribution < 1.29 is 19.4 Å². The normalized spacial score (nSPS) is 19.2. The number of hydrogen-bond donors (Lipinski definition) is 2. The van der Waals surface area contributed by atoms with E-state index in [1.807, 2.05) is 0 Å². The molecule has 0 radical (unpaired) electrons. The summed E-state index contributed by atoms with van der Waals surface area (Å²) in [5, 5.41) is 8.91. The Bertz CT molecular complexity index is 520. The molecular weight excluding hydrogens is 316 g/mol. The molecule has 0 bridgehead atoms. The number of hydrogen-bond acceptors (Lipinski definition) is 4. The van der Waals surface area contributed by atoms with Gasteiger partial charge in [0.15, 0.2) is 6.10 Å². The first-order valence-corrected chi connectivity index (χ1v) is 6.47. The van der Waals surface area contributed by atoms with Crippen LogP contribution in [0.25, 0.3) is 0 Å². The summed E-state index contributed by atoms with van der Waals surface area (Å²) in [4.78, 5) is 24.7. The Hall–Kier alpha value is -1.60. The summed E-state index contributed by atoms with van der Waals surface area (Å²) in [6, 6.07) is 4.94. The van der Waals surface area contributed by atoms with Gasteiger partial charge in [0, 0.05) is 16.7 Å². The van der Waals surface area contributed by atoms with Crippen LogP contribution in [-0.4, -0.2) is 47.7 Å². The first-order valence-electron chi connectivity index (χ1n) is 5.67. The number of nitrogen functional groups attached to an aromatic ring is 1. The van der Waals surface area contributed by atoms with Crippen molar-refractivity contribution in [3.8, 4) is 0 Å². The smallest absolute Gasteiger partial charge is 0.334 e. The molecule has 1 fully saturated rings. The number of carboxylic acids is 1. The van der Waals surface area contributed by atoms with E-state index in [4.69, 9.17) is 15.6 Å². The molecule has 1 heterocycles. The number of morpholine rings is 1. The molecule has 0 aliphatic carbocycles. The minimum absolute atomic E-state index is 0.0371. The Kier molecular flexibility index (Phi) is 4.06. The monoisotopic (exact) mass is 328 g/mol. The molecule has 1 aromatic carbocycles. The highest BCUT2D eigenvalue weighted by molar-refractivity contribution is 9.10. The average Bonchev–Trinajstić information content (AvgIpc) is 2.41. The van der Waals surface area contributed by atoms with Crippen molar-refractivity contribution in [2.45, 2.75) is 6.10 Å². The van der Waals surface area contributed by atoms with Crippen molar-refractivity contribution in [2.75, 3.05) is 25.4 Å². The molecule has 6 nitrogen and oxygen atoms in total. The predicted octanol–water partition coefficient (Wildman–Crippen LogP) is 0.957. The summed E-state index contributed by atoms with van der Waals surface area (Å²) in [6.45, 7) is 0.613. The molecule has 7 heteroatoms. The number of aliphatic carboxylic acids is 1. The highest BCUT2D eigenvalue weighted by Crippen LogP contribution is 2.22. The van der Waals surface area contributed by atoms with Crippen LogP contribution in [0.3, 0.4) is 0 Å². The summed E-state index contributed by atoms with van der Waals surface area (Å²) in [5.74, 6) is -1.32. The van der Waals surface area contributed by atoms with Crippen molar-refractivity contribution in [1.29, 1.82) is 0 Å². The number of carbonyl (C=O) groups excluding carboxylic acids is 1. The van der Waals surface area contributed by atoms with Gasteiger partial charge in [-0.1, -0.05) is 0 Å². The van der Waals surface area contributed by atoms with Gasteiger partial charge in [0.2, 0.25) is 0 Å². The molecule has 1 amide bonds. The number of carbonyl (C=O) groups is 2. The van der Waals surface area contributed by atoms with Gasteiger partial charge in [-0.25, -0.2) is 4.79 Å². The van der Waals surface area contributed by atoms with Gasteiger partial charge in [-0.3, -0.25) is 4.79 Å². The van der Waals surface area contributed by atoms with E-state index >= 15 is 0 Å². The highest BCUT2D eigenvalue weighted by atomic mass is 79.9. The van der Waals surface area contributed by atoms with Gasteiger partial charge < -0.3 is 20.5 Å². The Morgan fingerprint density at radius 1 is 1.47 bits per heavy atom. The summed E-state index contributed by atoms with van der Waals surface area (Å²) < 4.78 is 5.71. The van der Waals surface area contributed by atoms with Crippen LogP contribution < -0.4 is 5.73 Å². The topological polar surface area (TPSA) is 92.9 Å². The standard InChI is InChI=1S/C12H13BrN2O4/c13-9-2-1-7(14)5-8(9)11(16)15-3-4-19-10(6-15)12(17)18/h1-2,5,10H,3-4,6,14H2,(H,17,18). The van der Waals surface area contributed by atoms with Gasteiger partial charge in [-0.2, -0.15) is 0 Å². The third kappa shape index (κ3) is 3.05. The third-order valence-corrected chi connectivity index (χ3v) is 3.54. The first kappa shape index (κ1) is 13.8. The molecule has 1 unspecified atom stereocenters. The SMILES string of the molecule is Nc1ccc(Br)c(C(=O)N2CCOC(C(=O)O)C2)c1. The lowest BCUT2D eigenvalue weighted by Gasteiger charge is -2.31. The van der Waals surface area contributed by atoms with Crippen LogP contribution in [0.5, 0.6) is 0 Å². The molecule has 0 saturated carbocycles. The molecule has 3 N–H and O–H groups in total. The van der Waals surface area contributed by atoms with Crippen molar-refractivity contribution in [2.24, 2.45) is 0 Å². The lowest BCUT2D eigenvalue weighted by Crippen LogP contribution is -2.48. The summed E-state index contributed by atoms with van der Waals surface area (Å²) in [6.07, 6.45) is -0.975. The zero-order chi connectivity index (χ0) is 14.0. The quantitative estimate of drug-likeness (QED) is 0.789. The van der Waals surface area contributed by atoms with Gasteiger partial charge in [0.05, 0.1) is 18.7 Å². The number of benzene rings is 1. The van der Waals surface area contributed by atoms with E-state index in [9.17, 15) is 9.59 Å². The molecule has 2 rings (SSSR count). The number of nitrogens with two attached hydrogens (primary N) is 1. The Balaban J connectivity index is 2.19. The van der Waals surface area contributed by atoms with Crippen molar-refractivity contribution in [3.05, 3.63) is 28.2 Å². The lowest BCUT2D eigenvalue weighted by atomic mass is 10.1. The minimum atomic E-state index is -1.07. The fraction of sp³-hybridized carbons (Fsp3) is 0.333. The van der Waals surface area contributed by atoms with E-state index in [0.717, 1.165) is 0 Å². The van der Waals surface area contributed by atoms with Crippen LogP contribution >= 0.6 is 15.9 Å². The van der Waals surface area contributed by atoms with E-state index in [1.165, 1.54) is 4.90 Å². The number of ether oxygens (including phenoxy) is 1. The zero-order valence-corrected chi connectivity index (χ0v) is 11.6. The van der Waals surface area contributed by atoms with Gasteiger partial charge in [-0.15, -0.1) is 0 Å². The van der Waals surface area contributed by atoms with E-state index < -0.39 is 12.1 Å². The fourth-order valence-corrected chi connectivity index (χ4v) is 2.28. The number of anilines is 1. The van der Waals surface area contributed by atoms with E-state index in [0.29, 0.717) is 22.3 Å². The number of halogens is 1. The molecule has 1 aliphatic rings. The maximum Gasteiger partial charge on any atom is 0.334 e. The third-order valence-electron chi connectivity index (χ3n) is 2.85. The maximum atomic E-state index is 12.3. The first-order chi connectivity index (χ1) is 8.99. The van der Waals surface area contributed by atoms with Gasteiger partial charge in [0.1, 0.15) is 0 Å². The van der Waals surface area contributed by atoms with Crippen molar-refractivity contribution >= 4 is 33.5 Å². The van der Waals surface area contributed by atoms with Crippen LogP contribution in [-0.2, 0) is 9.53 Å². The number of carboxylic acid groups (broad SMARTS) is 1. The Labute approximate surface area is 118 Å². The molecule has 19 heavy (non-hydrogen) atoms. The van der Waals surface area contributed by atoms with Crippen LogP contribution in [0.2, 0.25) is 0 Å². The van der Waals surface area contributed by atoms with Crippen LogP contribution in [0.15, 0.2) is 22.7 Å². The maximum absolute atomic E-state index is 12.3. The zero-order valence-electron chi connectivity index (χ0n) is 10.0. The minimum Gasteiger partial charge on any atom is -0.479 e. The molecule has 102 valence electrons. The molecule has 0 aromatic heterocycles. The molecule has 1 saturated heterocycles. The number of rotatable bonds is 2. The van der Waals surface area contributed by atoms with Gasteiger partial charge in [-0.05, 0) is 34.1 Å². The second-order valence-corrected chi connectivity index (χ2v) is 5.04.